The Labute approximate surface area is 198 Å². The highest BCUT2D eigenvalue weighted by Gasteiger charge is 2.26. The van der Waals surface area contributed by atoms with Gasteiger partial charge >= 0.3 is 5.63 Å². The van der Waals surface area contributed by atoms with E-state index in [2.05, 4.69) is 4.90 Å². The van der Waals surface area contributed by atoms with Gasteiger partial charge in [0.15, 0.2) is 5.13 Å². The molecule has 0 N–H and O–H groups in total. The number of ether oxygens (including phenoxy) is 1. The second kappa shape index (κ2) is 8.14. The summed E-state index contributed by atoms with van der Waals surface area (Å²) in [5.74, 6) is 0.511. The van der Waals surface area contributed by atoms with E-state index >= 15 is 0 Å². The summed E-state index contributed by atoms with van der Waals surface area (Å²) in [5.41, 5.74) is 0.887. The summed E-state index contributed by atoms with van der Waals surface area (Å²) in [7, 11) is 1.65. The lowest BCUT2D eigenvalue weighted by Gasteiger charge is -2.34. The van der Waals surface area contributed by atoms with Gasteiger partial charge in [0, 0.05) is 31.6 Å². The van der Waals surface area contributed by atoms with E-state index in [0.717, 1.165) is 37.3 Å². The molecule has 6 rings (SSSR count). The molecule has 0 bridgehead atoms. The molecule has 1 amide bonds. The number of hydrogen-bond acceptors (Lipinski definition) is 7. The average molecular weight is 472 g/mol. The van der Waals surface area contributed by atoms with Crippen molar-refractivity contribution in [2.45, 2.75) is 0 Å². The maximum atomic E-state index is 13.3. The Kier molecular flexibility index (Phi) is 4.95. The highest BCUT2D eigenvalue weighted by atomic mass is 32.1. The number of benzene rings is 3. The van der Waals surface area contributed by atoms with Crippen molar-refractivity contribution >= 4 is 54.3 Å². The molecule has 1 aliphatic heterocycles. The van der Waals surface area contributed by atoms with E-state index in [-0.39, 0.29) is 11.5 Å². The number of hydrogen-bond donors (Lipinski definition) is 0. The first-order valence-electron chi connectivity index (χ1n) is 11.0. The van der Waals surface area contributed by atoms with Crippen LogP contribution in [-0.2, 0) is 0 Å². The fraction of sp³-hybridized carbons (Fsp3) is 0.192. The summed E-state index contributed by atoms with van der Waals surface area (Å²) in [6, 6.07) is 19.1. The number of methoxy groups -OCH3 is 1. The van der Waals surface area contributed by atoms with Crippen molar-refractivity contribution in [3.63, 3.8) is 0 Å². The van der Waals surface area contributed by atoms with Gasteiger partial charge in [-0.1, -0.05) is 41.7 Å². The number of amides is 1. The predicted octanol–water partition coefficient (Wildman–Crippen LogP) is 4.53. The smallest absolute Gasteiger partial charge is 0.349 e. The van der Waals surface area contributed by atoms with E-state index in [0.29, 0.717) is 31.8 Å². The van der Waals surface area contributed by atoms with Gasteiger partial charge in [-0.3, -0.25) is 4.79 Å². The van der Waals surface area contributed by atoms with Crippen LogP contribution in [0.3, 0.4) is 0 Å². The lowest BCUT2D eigenvalue weighted by molar-refractivity contribution is 0.0742. The molecular weight excluding hydrogens is 450 g/mol. The minimum absolute atomic E-state index is 0.0735. The zero-order chi connectivity index (χ0) is 23.2. The van der Waals surface area contributed by atoms with Crippen molar-refractivity contribution in [1.82, 2.24) is 9.88 Å². The largest absolute Gasteiger partial charge is 0.497 e. The molecule has 7 nitrogen and oxygen atoms in total. The van der Waals surface area contributed by atoms with Crippen LogP contribution in [0.25, 0.3) is 32.0 Å². The fourth-order valence-corrected chi connectivity index (χ4v) is 5.49. The SMILES string of the molecule is COc1ccc2nc(N3CCN(C(=O)c4cc5c(ccc6ccccc65)oc4=O)CC3)sc2c1. The van der Waals surface area contributed by atoms with Crippen molar-refractivity contribution in [3.8, 4) is 5.75 Å². The van der Waals surface area contributed by atoms with Gasteiger partial charge in [0.2, 0.25) is 0 Å². The topological polar surface area (TPSA) is 75.9 Å². The summed E-state index contributed by atoms with van der Waals surface area (Å²) in [6.45, 7) is 2.30. The molecule has 1 aliphatic rings. The van der Waals surface area contributed by atoms with Gasteiger partial charge in [0.25, 0.3) is 5.91 Å². The first kappa shape index (κ1) is 20.7. The van der Waals surface area contributed by atoms with Crippen molar-refractivity contribution in [2.24, 2.45) is 0 Å². The zero-order valence-corrected chi connectivity index (χ0v) is 19.3. The fourth-order valence-electron chi connectivity index (χ4n) is 4.45. The molecule has 170 valence electrons. The van der Waals surface area contributed by atoms with Crippen molar-refractivity contribution < 1.29 is 13.9 Å². The van der Waals surface area contributed by atoms with Crippen LogP contribution >= 0.6 is 11.3 Å². The normalized spacial score (nSPS) is 14.3. The molecule has 34 heavy (non-hydrogen) atoms. The molecule has 0 aliphatic carbocycles. The van der Waals surface area contributed by atoms with Crippen molar-refractivity contribution in [3.05, 3.63) is 76.6 Å². The first-order chi connectivity index (χ1) is 16.6. The number of carbonyl (C=O) groups excluding carboxylic acids is 1. The molecule has 0 radical (unpaired) electrons. The molecule has 0 saturated carbocycles. The van der Waals surface area contributed by atoms with E-state index in [9.17, 15) is 9.59 Å². The Morgan fingerprint density at radius 1 is 1.00 bits per heavy atom. The maximum absolute atomic E-state index is 13.3. The van der Waals surface area contributed by atoms with Gasteiger partial charge in [-0.15, -0.1) is 0 Å². The second-order valence-corrected chi connectivity index (χ2v) is 9.26. The number of anilines is 1. The van der Waals surface area contributed by atoms with Crippen LogP contribution in [0.5, 0.6) is 5.75 Å². The Balaban J connectivity index is 1.25. The first-order valence-corrected chi connectivity index (χ1v) is 11.9. The van der Waals surface area contributed by atoms with Gasteiger partial charge in [-0.25, -0.2) is 9.78 Å². The van der Waals surface area contributed by atoms with Crippen LogP contribution in [0.2, 0.25) is 0 Å². The van der Waals surface area contributed by atoms with Gasteiger partial charge in [-0.05, 0) is 41.1 Å². The summed E-state index contributed by atoms with van der Waals surface area (Å²) in [4.78, 5) is 34.6. The van der Waals surface area contributed by atoms with E-state index in [1.165, 1.54) is 0 Å². The molecular formula is C26H21N3O4S. The Bertz CT molecular complexity index is 1620. The Hall–Kier alpha value is -3.91. The molecule has 1 saturated heterocycles. The third-order valence-corrected chi connectivity index (χ3v) is 7.37. The van der Waals surface area contributed by atoms with Gasteiger partial charge in [0.1, 0.15) is 16.9 Å². The quantitative estimate of drug-likeness (QED) is 0.284. The third-order valence-electron chi connectivity index (χ3n) is 6.29. The standard InChI is InChI=1S/C26H21N3O4S/c1-32-17-7-8-21-23(14-17)34-26(27-21)29-12-10-28(11-13-29)24(30)20-15-19-18-5-3-2-4-16(18)6-9-22(19)33-25(20)31/h2-9,14-15H,10-13H2,1H3. The molecule has 0 unspecified atom stereocenters. The Morgan fingerprint density at radius 3 is 2.65 bits per heavy atom. The van der Waals surface area contributed by atoms with Gasteiger partial charge in [-0.2, -0.15) is 0 Å². The number of carbonyl (C=O) groups is 1. The summed E-state index contributed by atoms with van der Waals surface area (Å²) < 4.78 is 11.9. The molecule has 8 heteroatoms. The lowest BCUT2D eigenvalue weighted by Crippen LogP contribution is -2.49. The van der Waals surface area contributed by atoms with Crippen LogP contribution in [0.1, 0.15) is 10.4 Å². The van der Waals surface area contributed by atoms with Gasteiger partial charge in [0.05, 0.1) is 17.3 Å². The number of thiazole rings is 1. The van der Waals surface area contributed by atoms with E-state index in [4.69, 9.17) is 14.1 Å². The van der Waals surface area contributed by atoms with Crippen LogP contribution in [0.15, 0.2) is 69.9 Å². The maximum Gasteiger partial charge on any atom is 0.349 e. The zero-order valence-electron chi connectivity index (χ0n) is 18.5. The summed E-state index contributed by atoms with van der Waals surface area (Å²) >= 11 is 1.61. The van der Waals surface area contributed by atoms with Crippen molar-refractivity contribution in [2.75, 3.05) is 38.2 Å². The van der Waals surface area contributed by atoms with E-state index in [1.54, 1.807) is 35.5 Å². The van der Waals surface area contributed by atoms with Gasteiger partial charge < -0.3 is 19.0 Å². The summed E-state index contributed by atoms with van der Waals surface area (Å²) in [5, 5.41) is 3.68. The molecule has 5 aromatic rings. The number of nitrogens with zero attached hydrogens (tertiary/aromatic N) is 3. The molecule has 3 heterocycles. The average Bonchev–Trinajstić information content (AvgIpc) is 3.31. The predicted molar refractivity (Wildman–Crippen MR) is 134 cm³/mol. The van der Waals surface area contributed by atoms with Crippen LogP contribution in [0.4, 0.5) is 5.13 Å². The molecule has 1 fully saturated rings. The second-order valence-electron chi connectivity index (χ2n) is 8.26. The van der Waals surface area contributed by atoms with Crippen LogP contribution in [0, 0.1) is 0 Å². The molecule has 0 spiro atoms. The molecule has 3 aromatic carbocycles. The van der Waals surface area contributed by atoms with Crippen LogP contribution in [-0.4, -0.2) is 49.1 Å². The van der Waals surface area contributed by atoms with E-state index in [1.807, 2.05) is 48.5 Å². The van der Waals surface area contributed by atoms with Crippen LogP contribution < -0.4 is 15.3 Å². The lowest BCUT2D eigenvalue weighted by atomic mass is 10.0. The Morgan fingerprint density at radius 2 is 1.82 bits per heavy atom. The molecule has 0 atom stereocenters. The minimum Gasteiger partial charge on any atom is -0.497 e. The van der Waals surface area contributed by atoms with E-state index < -0.39 is 5.63 Å². The van der Waals surface area contributed by atoms with Crippen molar-refractivity contribution in [1.29, 1.82) is 0 Å². The minimum atomic E-state index is -0.602. The highest BCUT2D eigenvalue weighted by Crippen LogP contribution is 2.32. The summed E-state index contributed by atoms with van der Waals surface area (Å²) in [6.07, 6.45) is 0. The monoisotopic (exact) mass is 471 g/mol. The number of aromatic nitrogens is 1. The number of piperazine rings is 1. The highest BCUT2D eigenvalue weighted by molar-refractivity contribution is 7.22. The number of rotatable bonds is 3. The number of fused-ring (bicyclic) bond motifs is 4. The molecule has 2 aromatic heterocycles. The third kappa shape index (κ3) is 3.47.